The van der Waals surface area contributed by atoms with Crippen molar-refractivity contribution < 1.29 is 9.21 Å². The van der Waals surface area contributed by atoms with E-state index in [2.05, 4.69) is 27.6 Å². The van der Waals surface area contributed by atoms with Gasteiger partial charge in [0.15, 0.2) is 5.76 Å². The smallest absolute Gasteiger partial charge is 0.287 e. The molecule has 7 nitrogen and oxygen atoms in total. The molecule has 0 atom stereocenters. The minimum atomic E-state index is -0.273. The zero-order chi connectivity index (χ0) is 20.7. The number of rotatable bonds is 4. The van der Waals surface area contributed by atoms with E-state index in [-0.39, 0.29) is 17.2 Å². The molecule has 2 aromatic heterocycles. The number of amides is 1. The van der Waals surface area contributed by atoms with Crippen LogP contribution in [0.15, 0.2) is 47.4 Å². The highest BCUT2D eigenvalue weighted by molar-refractivity contribution is 6.34. The lowest BCUT2D eigenvalue weighted by atomic mass is 9.74. The summed E-state index contributed by atoms with van der Waals surface area (Å²) in [4.78, 5) is 12.7. The summed E-state index contributed by atoms with van der Waals surface area (Å²) in [7, 11) is 0. The molecule has 1 aromatic carbocycles. The molecule has 0 unspecified atom stereocenters. The number of nitrogens with one attached hydrogen (secondary N) is 3. The maximum absolute atomic E-state index is 12.7. The second-order valence-corrected chi connectivity index (χ2v) is 8.44. The van der Waals surface area contributed by atoms with Crippen LogP contribution in [0.25, 0.3) is 11.0 Å². The van der Waals surface area contributed by atoms with E-state index in [0.29, 0.717) is 23.7 Å². The number of halogens is 1. The molecule has 3 heterocycles. The average molecular weight is 426 g/mol. The van der Waals surface area contributed by atoms with Crippen molar-refractivity contribution in [2.45, 2.75) is 44.2 Å². The fraction of sp³-hybridized carbons (Fsp3) is 0.364. The van der Waals surface area contributed by atoms with Crippen LogP contribution in [0.2, 0.25) is 5.02 Å². The molecule has 5 rings (SSSR count). The summed E-state index contributed by atoms with van der Waals surface area (Å²) in [5, 5.41) is 15.3. The van der Waals surface area contributed by atoms with Crippen LogP contribution in [0.4, 0.5) is 5.69 Å². The summed E-state index contributed by atoms with van der Waals surface area (Å²) in [6.45, 7) is 5.15. The minimum Gasteiger partial charge on any atom is -0.450 e. The summed E-state index contributed by atoms with van der Waals surface area (Å²) >= 11 is 6.64. The molecule has 0 radical (unpaired) electrons. The zero-order valence-electron chi connectivity index (χ0n) is 16.6. The number of hydrogen-bond acceptors (Lipinski definition) is 5. The first-order valence-corrected chi connectivity index (χ1v) is 10.7. The highest BCUT2D eigenvalue weighted by Gasteiger charge is 2.42. The Balaban J connectivity index is 1.49. The van der Waals surface area contributed by atoms with E-state index >= 15 is 0 Å². The van der Waals surface area contributed by atoms with E-state index in [0.717, 1.165) is 48.1 Å². The van der Waals surface area contributed by atoms with Gasteiger partial charge in [0.25, 0.3) is 5.91 Å². The van der Waals surface area contributed by atoms with Crippen molar-refractivity contribution >= 4 is 34.2 Å². The molecule has 3 aromatic rings. The molecule has 0 saturated heterocycles. The lowest BCUT2D eigenvalue weighted by Crippen LogP contribution is -2.48. The van der Waals surface area contributed by atoms with Gasteiger partial charge < -0.3 is 20.4 Å². The number of carbonyl (C=O) groups excluding carboxylic acids is 1. The van der Waals surface area contributed by atoms with Crippen LogP contribution >= 0.6 is 11.6 Å². The van der Waals surface area contributed by atoms with Gasteiger partial charge in [-0.1, -0.05) is 37.4 Å². The molecule has 3 N–H and O–H groups in total. The molecule has 8 heteroatoms. The summed E-state index contributed by atoms with van der Waals surface area (Å²) in [6.07, 6.45) is 8.98. The Morgan fingerprint density at radius 2 is 2.17 bits per heavy atom. The molecule has 156 valence electrons. The van der Waals surface area contributed by atoms with Crippen molar-refractivity contribution in [3.05, 3.63) is 59.3 Å². The van der Waals surface area contributed by atoms with Crippen LogP contribution in [-0.2, 0) is 12.1 Å². The summed E-state index contributed by atoms with van der Waals surface area (Å²) in [5.74, 6) is 0.779. The second kappa shape index (κ2) is 7.40. The van der Waals surface area contributed by atoms with Crippen molar-refractivity contribution in [2.24, 2.45) is 0 Å². The van der Waals surface area contributed by atoms with E-state index in [1.54, 1.807) is 16.9 Å². The van der Waals surface area contributed by atoms with Crippen molar-refractivity contribution in [1.82, 2.24) is 20.4 Å². The number of carbonyl (C=O) groups is 1. The lowest BCUT2D eigenvalue weighted by molar-refractivity contribution is 0.0926. The first kappa shape index (κ1) is 19.1. The van der Waals surface area contributed by atoms with Gasteiger partial charge in [-0.05, 0) is 31.0 Å². The Kier molecular flexibility index (Phi) is 4.70. The Morgan fingerprint density at radius 1 is 1.33 bits per heavy atom. The Bertz CT molecular complexity index is 1110. The van der Waals surface area contributed by atoms with Gasteiger partial charge in [0.2, 0.25) is 0 Å². The number of benzene rings is 1. The van der Waals surface area contributed by atoms with Crippen molar-refractivity contribution in [3.8, 4) is 0 Å². The molecular weight excluding hydrogens is 402 g/mol. The molecule has 1 aliphatic carbocycles. The third-order valence-corrected chi connectivity index (χ3v) is 6.32. The van der Waals surface area contributed by atoms with Crippen LogP contribution in [-0.4, -0.2) is 22.2 Å². The van der Waals surface area contributed by atoms with E-state index < -0.39 is 0 Å². The van der Waals surface area contributed by atoms with Crippen molar-refractivity contribution in [2.75, 3.05) is 11.9 Å². The number of anilines is 1. The fourth-order valence-electron chi connectivity index (χ4n) is 4.71. The van der Waals surface area contributed by atoms with Crippen molar-refractivity contribution in [1.29, 1.82) is 0 Å². The highest BCUT2D eigenvalue weighted by atomic mass is 35.5. The summed E-state index contributed by atoms with van der Waals surface area (Å²) in [5.41, 5.74) is 2.27. The number of fused-ring (bicyclic) bond motifs is 4. The van der Waals surface area contributed by atoms with Gasteiger partial charge in [0, 0.05) is 29.9 Å². The number of aromatic nitrogens is 2. The first-order chi connectivity index (χ1) is 14.6. The normalized spacial score (nSPS) is 17.4. The number of nitrogens with zero attached hydrogens (tertiary/aromatic N) is 2. The van der Waals surface area contributed by atoms with Crippen LogP contribution in [0.3, 0.4) is 0 Å². The van der Waals surface area contributed by atoms with Gasteiger partial charge in [-0.15, -0.1) is 0 Å². The van der Waals surface area contributed by atoms with E-state index in [1.807, 2.05) is 18.3 Å². The van der Waals surface area contributed by atoms with Crippen molar-refractivity contribution in [3.63, 3.8) is 0 Å². The predicted molar refractivity (Wildman–Crippen MR) is 116 cm³/mol. The predicted octanol–water partition coefficient (Wildman–Crippen LogP) is 4.36. The molecule has 1 saturated carbocycles. The van der Waals surface area contributed by atoms with E-state index in [1.165, 1.54) is 6.42 Å². The maximum Gasteiger partial charge on any atom is 0.287 e. The molecule has 1 spiro atoms. The third-order valence-electron chi connectivity index (χ3n) is 6.02. The maximum atomic E-state index is 12.7. The van der Waals surface area contributed by atoms with Crippen LogP contribution < -0.4 is 16.0 Å². The van der Waals surface area contributed by atoms with Gasteiger partial charge in [-0.2, -0.15) is 5.10 Å². The molecule has 0 bridgehead atoms. The van der Waals surface area contributed by atoms with Crippen LogP contribution in [0.1, 0.15) is 48.2 Å². The minimum absolute atomic E-state index is 0.248. The Hall–Kier alpha value is -2.93. The number of hydrogen-bond donors (Lipinski definition) is 3. The van der Waals surface area contributed by atoms with Gasteiger partial charge in [-0.25, -0.2) is 0 Å². The van der Waals surface area contributed by atoms with E-state index in [4.69, 9.17) is 16.0 Å². The molecule has 1 fully saturated rings. The standard InChI is InChI=1S/C22H24ClN5O2/c1-14-26-19-16(23)12-15-13-17(21(29)24-9-11-28-10-5-8-25-28)30-20(15)18(19)22(27-14)6-3-2-4-7-22/h5,8,10,12-13,26-27H,1-4,6-7,9,11H2,(H,24,29). The lowest BCUT2D eigenvalue weighted by Gasteiger charge is -2.44. The summed E-state index contributed by atoms with van der Waals surface area (Å²) < 4.78 is 7.90. The quantitative estimate of drug-likeness (QED) is 0.578. The van der Waals surface area contributed by atoms with Gasteiger partial charge in [0.1, 0.15) is 5.58 Å². The highest BCUT2D eigenvalue weighted by Crippen LogP contribution is 2.49. The topological polar surface area (TPSA) is 84.1 Å². The first-order valence-electron chi connectivity index (χ1n) is 10.3. The number of furan rings is 1. The fourth-order valence-corrected chi connectivity index (χ4v) is 4.97. The monoisotopic (exact) mass is 425 g/mol. The third kappa shape index (κ3) is 3.23. The SMILES string of the molecule is C=C1Nc2c(Cl)cc3cc(C(=O)NCCn4cccn4)oc3c2C2(CCCCC2)N1. The Morgan fingerprint density at radius 3 is 2.93 bits per heavy atom. The van der Waals surface area contributed by atoms with E-state index in [9.17, 15) is 4.79 Å². The average Bonchev–Trinajstić information content (AvgIpc) is 3.38. The zero-order valence-corrected chi connectivity index (χ0v) is 17.4. The molecule has 30 heavy (non-hydrogen) atoms. The largest absolute Gasteiger partial charge is 0.450 e. The molecular formula is C22H24ClN5O2. The molecule has 1 aliphatic heterocycles. The Labute approximate surface area is 179 Å². The van der Waals surface area contributed by atoms with Gasteiger partial charge in [0.05, 0.1) is 28.6 Å². The second-order valence-electron chi connectivity index (χ2n) is 8.03. The van der Waals surface area contributed by atoms with Gasteiger partial charge in [-0.3, -0.25) is 9.48 Å². The van der Waals surface area contributed by atoms with Crippen LogP contribution in [0, 0.1) is 0 Å². The molecule has 2 aliphatic rings. The van der Waals surface area contributed by atoms with Crippen LogP contribution in [0.5, 0.6) is 0 Å². The summed E-state index contributed by atoms with van der Waals surface area (Å²) in [6, 6.07) is 5.47. The molecule has 1 amide bonds. The van der Waals surface area contributed by atoms with Gasteiger partial charge >= 0.3 is 0 Å².